The molecular formula is C27H26Cl2N2O4. The molecule has 6 nitrogen and oxygen atoms in total. The number of rotatable bonds is 8. The van der Waals surface area contributed by atoms with Crippen molar-refractivity contribution in [3.05, 3.63) is 106 Å². The van der Waals surface area contributed by atoms with Crippen LogP contribution in [-0.2, 0) is 16.8 Å². The van der Waals surface area contributed by atoms with Crippen molar-refractivity contribution in [2.24, 2.45) is 0 Å². The Labute approximate surface area is 214 Å². The van der Waals surface area contributed by atoms with Crippen LogP contribution >= 0.6 is 23.2 Å². The fourth-order valence-electron chi connectivity index (χ4n) is 4.73. The Morgan fingerprint density at radius 1 is 0.943 bits per heavy atom. The average Bonchev–Trinajstić information content (AvgIpc) is 3.17. The van der Waals surface area contributed by atoms with Gasteiger partial charge in [0.15, 0.2) is 0 Å². The molecule has 0 aromatic heterocycles. The highest BCUT2D eigenvalue weighted by molar-refractivity contribution is 6.36. The quantitative estimate of drug-likeness (QED) is 0.422. The zero-order valence-corrected chi connectivity index (χ0v) is 20.5. The number of amides is 2. The van der Waals surface area contributed by atoms with Crippen LogP contribution in [0.5, 0.6) is 0 Å². The van der Waals surface area contributed by atoms with Crippen LogP contribution in [0.25, 0.3) is 0 Å². The van der Waals surface area contributed by atoms with Crippen LogP contribution in [0.2, 0.25) is 10.0 Å². The Kier molecular flexibility index (Phi) is 7.77. The highest BCUT2D eigenvalue weighted by atomic mass is 35.5. The summed E-state index contributed by atoms with van der Waals surface area (Å²) in [5, 5.41) is 22.4. The van der Waals surface area contributed by atoms with Gasteiger partial charge in [-0.05, 0) is 42.5 Å². The first-order chi connectivity index (χ1) is 16.8. The van der Waals surface area contributed by atoms with Gasteiger partial charge in [0.1, 0.15) is 5.60 Å². The predicted molar refractivity (Wildman–Crippen MR) is 136 cm³/mol. The average molecular weight is 513 g/mol. The van der Waals surface area contributed by atoms with E-state index in [0.29, 0.717) is 34.1 Å². The second-order valence-electron chi connectivity index (χ2n) is 8.59. The topological polar surface area (TPSA) is 81.1 Å². The smallest absolute Gasteiger partial charge is 0.415 e. The monoisotopic (exact) mass is 512 g/mol. The summed E-state index contributed by atoms with van der Waals surface area (Å²) >= 11 is 13.0. The molecular weight excluding hydrogens is 487 g/mol. The predicted octanol–water partition coefficient (Wildman–Crippen LogP) is 5.40. The van der Waals surface area contributed by atoms with E-state index in [1.54, 1.807) is 42.5 Å². The molecule has 1 aliphatic heterocycles. The van der Waals surface area contributed by atoms with Crippen LogP contribution in [0.1, 0.15) is 29.5 Å². The van der Waals surface area contributed by atoms with E-state index in [1.165, 1.54) is 0 Å². The molecule has 0 bridgehead atoms. The molecule has 2 N–H and O–H groups in total. The van der Waals surface area contributed by atoms with Gasteiger partial charge in [0.05, 0.1) is 12.7 Å². The number of aliphatic hydroxyl groups is 1. The second-order valence-corrected chi connectivity index (χ2v) is 9.41. The number of imide groups is 1. The van der Waals surface area contributed by atoms with Gasteiger partial charge in [-0.3, -0.25) is 9.69 Å². The lowest BCUT2D eigenvalue weighted by Gasteiger charge is -2.34. The molecule has 4 rings (SSSR count). The van der Waals surface area contributed by atoms with Crippen LogP contribution in [0.3, 0.4) is 0 Å². The van der Waals surface area contributed by atoms with Gasteiger partial charge in [-0.2, -0.15) is 0 Å². The molecule has 35 heavy (non-hydrogen) atoms. The Balaban J connectivity index is 1.64. The summed E-state index contributed by atoms with van der Waals surface area (Å²) in [5.41, 5.74) is 0.446. The van der Waals surface area contributed by atoms with Crippen LogP contribution in [-0.4, -0.2) is 51.3 Å². The zero-order valence-electron chi connectivity index (χ0n) is 19.0. The van der Waals surface area contributed by atoms with Gasteiger partial charge in [0.2, 0.25) is 5.91 Å². The van der Waals surface area contributed by atoms with E-state index in [1.807, 2.05) is 41.3 Å². The van der Waals surface area contributed by atoms with E-state index in [0.717, 1.165) is 10.5 Å². The summed E-state index contributed by atoms with van der Waals surface area (Å²) in [6.45, 7) is 0.501. The molecule has 0 radical (unpaired) electrons. The minimum Gasteiger partial charge on any atom is -0.465 e. The Bertz CT molecular complexity index is 1170. The molecule has 1 heterocycles. The maximum Gasteiger partial charge on any atom is 0.415 e. The molecule has 3 aromatic rings. The van der Waals surface area contributed by atoms with E-state index in [9.17, 15) is 19.8 Å². The molecule has 8 heteroatoms. The van der Waals surface area contributed by atoms with Crippen LogP contribution in [0.15, 0.2) is 78.9 Å². The molecule has 1 unspecified atom stereocenters. The standard InChI is InChI=1S/C27H26Cl2N2O4/c28-21-12-7-13-22(29)25(21)27(35,20-10-5-2-6-11-20)16-14-23-30(18-24(32)31(23)26(33)34)17-15-19-8-3-1-4-9-19/h1-13,23,35H,14-18H2,(H,33,34)/t23?,27-/m0/s1. The van der Waals surface area contributed by atoms with Crippen molar-refractivity contribution in [3.63, 3.8) is 0 Å². The summed E-state index contributed by atoms with van der Waals surface area (Å²) in [6, 6.07) is 23.8. The first kappa shape index (κ1) is 25.2. The number of carbonyl (C=O) groups is 2. The van der Waals surface area contributed by atoms with Crippen molar-refractivity contribution in [1.82, 2.24) is 9.80 Å². The lowest BCUT2D eigenvalue weighted by Crippen LogP contribution is -2.44. The maximum absolute atomic E-state index is 12.6. The summed E-state index contributed by atoms with van der Waals surface area (Å²) in [7, 11) is 0. The molecule has 1 fully saturated rings. The minimum absolute atomic E-state index is 0.000412. The number of carboxylic acid groups (broad SMARTS) is 1. The van der Waals surface area contributed by atoms with E-state index in [4.69, 9.17) is 23.2 Å². The molecule has 182 valence electrons. The summed E-state index contributed by atoms with van der Waals surface area (Å²) in [4.78, 5) is 27.3. The Morgan fingerprint density at radius 3 is 2.14 bits per heavy atom. The maximum atomic E-state index is 12.6. The van der Waals surface area contributed by atoms with E-state index in [-0.39, 0.29) is 19.4 Å². The lowest BCUT2D eigenvalue weighted by molar-refractivity contribution is -0.126. The van der Waals surface area contributed by atoms with Gasteiger partial charge < -0.3 is 10.2 Å². The SMILES string of the molecule is O=C(O)N1C(=O)CN(CCc2ccccc2)C1CC[C@](O)(c1ccccc1)c1c(Cl)cccc1Cl. The number of nitrogens with zero attached hydrogens (tertiary/aromatic N) is 2. The third-order valence-corrected chi connectivity index (χ3v) is 7.09. The Morgan fingerprint density at radius 2 is 1.54 bits per heavy atom. The highest BCUT2D eigenvalue weighted by Crippen LogP contribution is 2.42. The van der Waals surface area contributed by atoms with E-state index < -0.39 is 23.8 Å². The van der Waals surface area contributed by atoms with Crippen molar-refractivity contribution in [1.29, 1.82) is 0 Å². The third-order valence-electron chi connectivity index (χ3n) is 6.46. The van der Waals surface area contributed by atoms with Gasteiger partial charge in [-0.15, -0.1) is 0 Å². The Hall–Kier alpha value is -2.90. The summed E-state index contributed by atoms with van der Waals surface area (Å²) < 4.78 is 0. The fourth-order valence-corrected chi connectivity index (χ4v) is 5.44. The number of carbonyl (C=O) groups excluding carboxylic acids is 1. The number of benzene rings is 3. The zero-order chi connectivity index (χ0) is 25.0. The van der Waals surface area contributed by atoms with Crippen molar-refractivity contribution in [3.8, 4) is 0 Å². The van der Waals surface area contributed by atoms with Crippen molar-refractivity contribution in [2.75, 3.05) is 13.1 Å². The summed E-state index contributed by atoms with van der Waals surface area (Å²) in [5.74, 6) is -0.477. The number of hydrogen-bond donors (Lipinski definition) is 2. The third kappa shape index (κ3) is 5.36. The van der Waals surface area contributed by atoms with Crippen molar-refractivity contribution < 1.29 is 19.8 Å². The molecule has 2 amide bonds. The fraction of sp³-hybridized carbons (Fsp3) is 0.259. The lowest BCUT2D eigenvalue weighted by atomic mass is 9.82. The molecule has 1 aliphatic rings. The molecule has 1 saturated heterocycles. The van der Waals surface area contributed by atoms with Crippen LogP contribution in [0, 0.1) is 0 Å². The van der Waals surface area contributed by atoms with Gasteiger partial charge in [-0.25, -0.2) is 9.69 Å². The summed E-state index contributed by atoms with van der Waals surface area (Å²) in [6.07, 6.45) is -1.07. The van der Waals surface area contributed by atoms with Gasteiger partial charge in [0, 0.05) is 22.2 Å². The minimum atomic E-state index is -1.59. The first-order valence-corrected chi connectivity index (χ1v) is 12.1. The normalized spacial score (nSPS) is 18.0. The van der Waals surface area contributed by atoms with Crippen molar-refractivity contribution in [2.45, 2.75) is 31.0 Å². The van der Waals surface area contributed by atoms with Crippen molar-refractivity contribution >= 4 is 35.2 Å². The van der Waals surface area contributed by atoms with E-state index in [2.05, 4.69) is 0 Å². The molecule has 2 atom stereocenters. The second kappa shape index (κ2) is 10.8. The van der Waals surface area contributed by atoms with E-state index >= 15 is 0 Å². The molecule has 0 spiro atoms. The van der Waals surface area contributed by atoms with Crippen LogP contribution in [0.4, 0.5) is 4.79 Å². The van der Waals surface area contributed by atoms with Gasteiger partial charge in [-0.1, -0.05) is 89.9 Å². The number of halogens is 2. The molecule has 0 saturated carbocycles. The first-order valence-electron chi connectivity index (χ1n) is 11.4. The largest absolute Gasteiger partial charge is 0.465 e. The highest BCUT2D eigenvalue weighted by Gasteiger charge is 2.44. The van der Waals surface area contributed by atoms with Gasteiger partial charge >= 0.3 is 6.09 Å². The molecule has 0 aliphatic carbocycles. The molecule has 3 aromatic carbocycles. The number of hydrogen-bond acceptors (Lipinski definition) is 4. The van der Waals surface area contributed by atoms with Crippen LogP contribution < -0.4 is 0 Å². The van der Waals surface area contributed by atoms with Gasteiger partial charge in [0.25, 0.3) is 0 Å².